The fourth-order valence-corrected chi connectivity index (χ4v) is 4.07. The third kappa shape index (κ3) is 5.60. The number of fused-ring (bicyclic) bond motifs is 1. The number of amides is 1. The summed E-state index contributed by atoms with van der Waals surface area (Å²) >= 11 is 5.74. The molecule has 1 aromatic rings. The van der Waals surface area contributed by atoms with Crippen molar-refractivity contribution in [3.05, 3.63) is 24.3 Å². The summed E-state index contributed by atoms with van der Waals surface area (Å²) in [5.74, 6) is 1.31. The van der Waals surface area contributed by atoms with Gasteiger partial charge in [-0.15, -0.1) is 0 Å². The lowest BCUT2D eigenvalue weighted by Gasteiger charge is -2.38. The van der Waals surface area contributed by atoms with Crippen LogP contribution < -0.4 is 15.0 Å². The number of anilines is 1. The highest BCUT2D eigenvalue weighted by molar-refractivity contribution is 7.80. The molecule has 0 aliphatic carbocycles. The fourth-order valence-electron chi connectivity index (χ4n) is 3.81. The number of carbonyl (C=O) groups is 1. The maximum atomic E-state index is 13.0. The van der Waals surface area contributed by atoms with Crippen LogP contribution in [-0.2, 0) is 9.53 Å². The fraction of sp³-hybridized carbons (Fsp3) is 0.636. The number of para-hydroxylation sites is 2. The summed E-state index contributed by atoms with van der Waals surface area (Å²) in [6, 6.07) is 7.79. The number of hydrogen-bond acceptors (Lipinski definition) is 4. The minimum atomic E-state index is -0.565. The molecule has 2 heterocycles. The van der Waals surface area contributed by atoms with Gasteiger partial charge in [0.15, 0.2) is 11.2 Å². The molecule has 0 aromatic heterocycles. The van der Waals surface area contributed by atoms with Gasteiger partial charge in [-0.2, -0.15) is 0 Å². The Morgan fingerprint density at radius 3 is 2.76 bits per heavy atom. The topological polar surface area (TPSA) is 54.0 Å². The van der Waals surface area contributed by atoms with Gasteiger partial charge in [0.1, 0.15) is 5.75 Å². The molecule has 0 radical (unpaired) electrons. The van der Waals surface area contributed by atoms with Crippen LogP contribution in [0.5, 0.6) is 5.75 Å². The average molecular weight is 420 g/mol. The largest absolute Gasteiger partial charge is 0.476 e. The van der Waals surface area contributed by atoms with Gasteiger partial charge in [-0.25, -0.2) is 0 Å². The number of benzene rings is 1. The highest BCUT2D eigenvalue weighted by Crippen LogP contribution is 2.33. The molecule has 1 N–H and O–H groups in total. The third-order valence-corrected chi connectivity index (χ3v) is 6.07. The first-order valence-corrected chi connectivity index (χ1v) is 11.2. The van der Waals surface area contributed by atoms with Gasteiger partial charge in [0.05, 0.1) is 25.4 Å². The molecule has 1 saturated heterocycles. The first-order valence-electron chi connectivity index (χ1n) is 10.8. The van der Waals surface area contributed by atoms with Gasteiger partial charge in [0, 0.05) is 19.6 Å². The number of ether oxygens (including phenoxy) is 2. The molecule has 1 aromatic carbocycles. The molecule has 1 amide bonds. The quantitative estimate of drug-likeness (QED) is 0.685. The monoisotopic (exact) mass is 419 g/mol. The van der Waals surface area contributed by atoms with E-state index in [0.717, 1.165) is 18.7 Å². The second-order valence-corrected chi connectivity index (χ2v) is 8.11. The van der Waals surface area contributed by atoms with Gasteiger partial charge in [0.25, 0.3) is 5.91 Å². The SMILES string of the molecule is CCCC[C@@H](CC)CNC(=S)N1C[C@@H](C(=O)N2CCOCC2)Oc2ccccc21. The summed E-state index contributed by atoms with van der Waals surface area (Å²) in [5, 5.41) is 4.11. The Kier molecular flexibility index (Phi) is 8.12. The molecule has 3 rings (SSSR count). The van der Waals surface area contributed by atoms with Crippen LogP contribution in [0.15, 0.2) is 24.3 Å². The minimum Gasteiger partial charge on any atom is -0.476 e. The van der Waals surface area contributed by atoms with Gasteiger partial charge < -0.3 is 24.6 Å². The molecule has 2 aliphatic rings. The molecule has 160 valence electrons. The average Bonchev–Trinajstić information content (AvgIpc) is 2.78. The number of thiocarbonyl (C=S) groups is 1. The van der Waals surface area contributed by atoms with E-state index >= 15 is 0 Å². The van der Waals surface area contributed by atoms with Crippen molar-refractivity contribution in [2.75, 3.05) is 44.3 Å². The van der Waals surface area contributed by atoms with Crippen LogP contribution in [0.1, 0.15) is 39.5 Å². The van der Waals surface area contributed by atoms with Crippen molar-refractivity contribution in [3.63, 3.8) is 0 Å². The van der Waals surface area contributed by atoms with Gasteiger partial charge in [-0.05, 0) is 36.7 Å². The van der Waals surface area contributed by atoms with E-state index in [-0.39, 0.29) is 5.91 Å². The van der Waals surface area contributed by atoms with E-state index in [1.54, 1.807) is 0 Å². The molecular weight excluding hydrogens is 386 g/mol. The lowest BCUT2D eigenvalue weighted by atomic mass is 9.99. The predicted molar refractivity (Wildman–Crippen MR) is 120 cm³/mol. The zero-order chi connectivity index (χ0) is 20.6. The van der Waals surface area contributed by atoms with Crippen LogP contribution in [0.3, 0.4) is 0 Å². The summed E-state index contributed by atoms with van der Waals surface area (Å²) in [6.45, 7) is 8.11. The van der Waals surface area contributed by atoms with E-state index in [2.05, 4.69) is 19.2 Å². The standard InChI is InChI=1S/C22H33N3O3S/c1-3-5-8-17(4-2)15-23-22(29)25-16-20(21(26)24-11-13-27-14-12-24)28-19-10-7-6-9-18(19)25/h6-7,9-10,17,20H,3-5,8,11-16H2,1-2H3,(H,23,29)/t17-,20+/m1/s1. The Morgan fingerprint density at radius 2 is 2.03 bits per heavy atom. The Balaban J connectivity index is 1.69. The molecule has 2 atom stereocenters. The summed E-state index contributed by atoms with van der Waals surface area (Å²) in [5.41, 5.74) is 0.914. The zero-order valence-corrected chi connectivity index (χ0v) is 18.4. The van der Waals surface area contributed by atoms with Crippen molar-refractivity contribution < 1.29 is 14.3 Å². The zero-order valence-electron chi connectivity index (χ0n) is 17.6. The second kappa shape index (κ2) is 10.8. The van der Waals surface area contributed by atoms with E-state index in [9.17, 15) is 4.79 Å². The van der Waals surface area contributed by atoms with Gasteiger partial charge in [0.2, 0.25) is 0 Å². The summed E-state index contributed by atoms with van der Waals surface area (Å²) in [6.07, 6.45) is 4.23. The van der Waals surface area contributed by atoms with E-state index in [0.29, 0.717) is 49.6 Å². The maximum Gasteiger partial charge on any atom is 0.265 e. The first-order chi connectivity index (χ1) is 14.1. The first kappa shape index (κ1) is 21.8. The molecular formula is C22H33N3O3S. The molecule has 0 saturated carbocycles. The number of nitrogens with one attached hydrogen (secondary N) is 1. The Bertz CT molecular complexity index is 694. The normalized spacial score (nSPS) is 19.9. The van der Waals surface area contributed by atoms with Crippen molar-refractivity contribution in [2.45, 2.75) is 45.6 Å². The van der Waals surface area contributed by atoms with E-state index in [1.807, 2.05) is 34.1 Å². The molecule has 0 unspecified atom stereocenters. The van der Waals surface area contributed by atoms with Crippen molar-refractivity contribution in [1.82, 2.24) is 10.2 Å². The number of carbonyl (C=O) groups excluding carboxylic acids is 1. The van der Waals surface area contributed by atoms with Crippen molar-refractivity contribution in [1.29, 1.82) is 0 Å². The second-order valence-electron chi connectivity index (χ2n) is 7.73. The van der Waals surface area contributed by atoms with E-state index in [4.69, 9.17) is 21.7 Å². The van der Waals surface area contributed by atoms with Crippen molar-refractivity contribution >= 4 is 28.9 Å². The van der Waals surface area contributed by atoms with Crippen LogP contribution in [0.2, 0.25) is 0 Å². The van der Waals surface area contributed by atoms with E-state index < -0.39 is 6.10 Å². The number of nitrogens with zero attached hydrogens (tertiary/aromatic N) is 2. The Morgan fingerprint density at radius 1 is 1.28 bits per heavy atom. The number of unbranched alkanes of at least 4 members (excludes halogenated alkanes) is 1. The van der Waals surface area contributed by atoms with E-state index in [1.165, 1.54) is 19.3 Å². The van der Waals surface area contributed by atoms with Gasteiger partial charge in [-0.1, -0.05) is 45.2 Å². The van der Waals surface area contributed by atoms with Crippen LogP contribution in [0, 0.1) is 5.92 Å². The molecule has 1 fully saturated rings. The van der Waals surface area contributed by atoms with Crippen LogP contribution in [0.25, 0.3) is 0 Å². The summed E-state index contributed by atoms with van der Waals surface area (Å²) < 4.78 is 11.4. The van der Waals surface area contributed by atoms with Gasteiger partial charge >= 0.3 is 0 Å². The highest BCUT2D eigenvalue weighted by Gasteiger charge is 2.35. The minimum absolute atomic E-state index is 0.00461. The Hall–Kier alpha value is -1.86. The van der Waals surface area contributed by atoms with Crippen LogP contribution in [-0.4, -0.2) is 61.4 Å². The summed E-state index contributed by atoms with van der Waals surface area (Å²) in [4.78, 5) is 16.9. The molecule has 0 spiro atoms. The predicted octanol–water partition coefficient (Wildman–Crippen LogP) is 3.20. The number of morpholine rings is 1. The summed E-state index contributed by atoms with van der Waals surface area (Å²) in [7, 11) is 0. The lowest BCUT2D eigenvalue weighted by Crippen LogP contribution is -2.55. The number of rotatable bonds is 7. The maximum absolute atomic E-state index is 13.0. The van der Waals surface area contributed by atoms with Crippen LogP contribution in [0.4, 0.5) is 5.69 Å². The smallest absolute Gasteiger partial charge is 0.265 e. The molecule has 29 heavy (non-hydrogen) atoms. The lowest BCUT2D eigenvalue weighted by molar-refractivity contribution is -0.142. The molecule has 0 bridgehead atoms. The van der Waals surface area contributed by atoms with Crippen molar-refractivity contribution in [3.8, 4) is 5.75 Å². The molecule has 6 nitrogen and oxygen atoms in total. The Labute approximate surface area is 179 Å². The molecule has 2 aliphatic heterocycles. The molecule has 7 heteroatoms. The number of hydrogen-bond donors (Lipinski definition) is 1. The third-order valence-electron chi connectivity index (χ3n) is 5.70. The van der Waals surface area contributed by atoms with Crippen molar-refractivity contribution in [2.24, 2.45) is 5.92 Å². The van der Waals surface area contributed by atoms with Crippen LogP contribution >= 0.6 is 12.2 Å². The van der Waals surface area contributed by atoms with Gasteiger partial charge in [-0.3, -0.25) is 4.79 Å². The highest BCUT2D eigenvalue weighted by atomic mass is 32.1.